The first-order valence-electron chi connectivity index (χ1n) is 21.6. The number of ether oxygens (including phenoxy) is 3. The van der Waals surface area contributed by atoms with Crippen LogP contribution in [0.2, 0.25) is 0 Å². The number of carbonyl (C=O) groups excluding carboxylic acids is 3. The summed E-state index contributed by atoms with van der Waals surface area (Å²) in [6, 6.07) is 0. The van der Waals surface area contributed by atoms with Gasteiger partial charge in [0.25, 0.3) is 0 Å². The van der Waals surface area contributed by atoms with E-state index in [-0.39, 0.29) is 72.2 Å². The molecule has 1 aromatic rings. The third-order valence-corrected chi connectivity index (χ3v) is 13.2. The fourth-order valence-corrected chi connectivity index (χ4v) is 9.89. The van der Waals surface area contributed by atoms with Crippen LogP contribution in [0.15, 0.2) is 58.2 Å². The van der Waals surface area contributed by atoms with Crippen molar-refractivity contribution in [2.75, 3.05) is 52.5 Å². The van der Waals surface area contributed by atoms with Crippen molar-refractivity contribution in [2.24, 2.45) is 11.8 Å². The van der Waals surface area contributed by atoms with Crippen LogP contribution in [-0.4, -0.2) is 112 Å². The fourth-order valence-electron chi connectivity index (χ4n) is 9.89. The van der Waals surface area contributed by atoms with Gasteiger partial charge in [0.05, 0.1) is 18.8 Å². The van der Waals surface area contributed by atoms with E-state index in [1.807, 2.05) is 46.8 Å². The molecular weight excluding hydrogens is 749 g/mol. The summed E-state index contributed by atoms with van der Waals surface area (Å²) in [6.45, 7) is 21.4. The number of hydrogen-bond donors (Lipinski definition) is 3. The minimum atomic E-state index is -1.65. The number of benzene rings is 1. The number of allylic oxidation sites excluding steroid dienone is 7. The number of phenolic OH excluding ortho intramolecular Hbond substituents is 2. The summed E-state index contributed by atoms with van der Waals surface area (Å²) in [5.74, 6) is -2.54. The third-order valence-electron chi connectivity index (χ3n) is 13.2. The zero-order valence-corrected chi connectivity index (χ0v) is 36.5. The normalized spacial score (nSPS) is 26.2. The van der Waals surface area contributed by atoms with Crippen molar-refractivity contribution in [2.45, 2.75) is 124 Å². The van der Waals surface area contributed by atoms with Crippen LogP contribution in [0, 0.1) is 11.8 Å². The molecule has 1 aromatic carbocycles. The highest BCUT2D eigenvalue weighted by Crippen LogP contribution is 2.68. The molecule has 7 rings (SSSR count). The van der Waals surface area contributed by atoms with E-state index in [1.165, 1.54) is 5.57 Å². The number of Topliss-reactive ketones (excluding diaryl/α,β-unsaturated/α-hetero) is 2. The van der Waals surface area contributed by atoms with Crippen LogP contribution in [0.3, 0.4) is 0 Å². The number of fused-ring (bicyclic) bond motifs is 1. The van der Waals surface area contributed by atoms with Gasteiger partial charge in [-0.2, -0.15) is 0 Å². The molecule has 4 atom stereocenters. The second kappa shape index (κ2) is 17.9. The number of aliphatic hydroxyl groups excluding tert-OH is 1. The van der Waals surface area contributed by atoms with Crippen LogP contribution in [0.25, 0.3) is 0 Å². The number of phenols is 2. The lowest BCUT2D eigenvalue weighted by Crippen LogP contribution is -2.72. The van der Waals surface area contributed by atoms with Gasteiger partial charge in [0.2, 0.25) is 0 Å². The molecule has 4 unspecified atom stereocenters. The molecule has 3 aliphatic heterocycles. The Labute approximate surface area is 350 Å². The second-order valence-electron chi connectivity index (χ2n) is 18.3. The zero-order valence-electron chi connectivity index (χ0n) is 36.5. The lowest BCUT2D eigenvalue weighted by molar-refractivity contribution is -0.171. The highest BCUT2D eigenvalue weighted by Gasteiger charge is 2.81. The van der Waals surface area contributed by atoms with Gasteiger partial charge in [0, 0.05) is 73.3 Å². The van der Waals surface area contributed by atoms with E-state index in [0.717, 1.165) is 63.1 Å². The molecule has 59 heavy (non-hydrogen) atoms. The Kier molecular flexibility index (Phi) is 13.5. The van der Waals surface area contributed by atoms with Gasteiger partial charge in [0.15, 0.2) is 22.8 Å². The SMILES string of the molecule is CC(C)=CCC/C(C)=C/Cc1c(O)c(CC=C(C)C)c2c(c1O)C(=O)C1=CC3CC4C(C)(C)OC(C/C=C(\C)C(=O)OCCCCN5CCN(CCO)CC5)(C3=O)C14O2. The first kappa shape index (κ1) is 44.5. The highest BCUT2D eigenvalue weighted by molar-refractivity contribution is 6.18. The predicted molar refractivity (Wildman–Crippen MR) is 228 cm³/mol. The van der Waals surface area contributed by atoms with Gasteiger partial charge in [-0.1, -0.05) is 47.1 Å². The Hall–Kier alpha value is -4.03. The number of hydrogen-bond acceptors (Lipinski definition) is 11. The topological polar surface area (TPSA) is 146 Å². The van der Waals surface area contributed by atoms with E-state index in [1.54, 1.807) is 19.1 Å². The first-order chi connectivity index (χ1) is 28.0. The minimum absolute atomic E-state index is 0.00552. The highest BCUT2D eigenvalue weighted by atomic mass is 16.6. The number of ketones is 2. The standard InChI is InChI=1S/C48H66N2O9/c1-30(2)12-11-13-32(5)15-17-35-40(52)36(16-14-31(3)4)43-39(41(35)53)42(54)37-28-34-29-38-46(7,8)59-47(44(34)55,48(37,38)58-43)19-18-33(6)45(56)57-27-10-9-20-49-21-23-50(24-22-49)25-26-51/h12,14-15,18,28,34,38,51-53H,9-11,13,16-17,19-27,29H2,1-8H3/b32-15+,33-18+. The number of β-amino-alcohol motifs (C(OH)–C–C–N with tert-alkyl or cyclic N) is 1. The smallest absolute Gasteiger partial charge is 0.333 e. The number of aliphatic hydroxyl groups is 1. The summed E-state index contributed by atoms with van der Waals surface area (Å²) in [5, 5.41) is 33.0. The zero-order chi connectivity index (χ0) is 42.9. The molecule has 322 valence electrons. The second-order valence-corrected chi connectivity index (χ2v) is 18.3. The van der Waals surface area contributed by atoms with E-state index < -0.39 is 40.4 Å². The molecule has 0 amide bonds. The lowest BCUT2D eigenvalue weighted by atomic mass is 9.51. The van der Waals surface area contributed by atoms with E-state index in [9.17, 15) is 29.7 Å². The molecule has 11 heteroatoms. The van der Waals surface area contributed by atoms with Gasteiger partial charge in [-0.15, -0.1) is 0 Å². The molecular formula is C48H66N2O9. The van der Waals surface area contributed by atoms with Crippen LogP contribution in [-0.2, 0) is 31.9 Å². The molecule has 3 fully saturated rings. The largest absolute Gasteiger partial charge is 0.507 e. The Morgan fingerprint density at radius 3 is 2.20 bits per heavy atom. The van der Waals surface area contributed by atoms with Gasteiger partial charge >= 0.3 is 5.97 Å². The Bertz CT molecular complexity index is 1970. The number of esters is 1. The fraction of sp³-hybridized carbons (Fsp3) is 0.604. The average Bonchev–Trinajstić information content (AvgIpc) is 3.33. The van der Waals surface area contributed by atoms with Crippen molar-refractivity contribution in [1.82, 2.24) is 9.80 Å². The maximum Gasteiger partial charge on any atom is 0.333 e. The summed E-state index contributed by atoms with van der Waals surface area (Å²) in [7, 11) is 0. The van der Waals surface area contributed by atoms with E-state index in [4.69, 9.17) is 14.2 Å². The average molecular weight is 815 g/mol. The quantitative estimate of drug-likeness (QED) is 0.0640. The molecule has 3 aliphatic carbocycles. The number of piperazine rings is 1. The predicted octanol–water partition coefficient (Wildman–Crippen LogP) is 7.12. The maximum absolute atomic E-state index is 15.0. The van der Waals surface area contributed by atoms with Gasteiger partial charge in [-0.05, 0) is 107 Å². The number of carbonyl (C=O) groups is 3. The molecule has 1 saturated carbocycles. The molecule has 6 aliphatic rings. The number of unbranched alkanes of at least 4 members (excludes halogenated alkanes) is 1. The molecule has 11 nitrogen and oxygen atoms in total. The molecule has 0 aromatic heterocycles. The van der Waals surface area contributed by atoms with E-state index in [2.05, 4.69) is 29.7 Å². The van der Waals surface area contributed by atoms with E-state index >= 15 is 0 Å². The van der Waals surface area contributed by atoms with Gasteiger partial charge in [-0.3, -0.25) is 14.5 Å². The van der Waals surface area contributed by atoms with Crippen LogP contribution in [0.5, 0.6) is 17.2 Å². The van der Waals surface area contributed by atoms with Crippen molar-refractivity contribution >= 4 is 17.5 Å². The summed E-state index contributed by atoms with van der Waals surface area (Å²) in [4.78, 5) is 47.6. The summed E-state index contributed by atoms with van der Waals surface area (Å²) in [6.07, 6.45) is 13.6. The molecule has 3 N–H and O–H groups in total. The van der Waals surface area contributed by atoms with Crippen LogP contribution in [0.4, 0.5) is 0 Å². The summed E-state index contributed by atoms with van der Waals surface area (Å²) >= 11 is 0. The van der Waals surface area contributed by atoms with Crippen molar-refractivity contribution in [3.05, 3.63) is 74.9 Å². The maximum atomic E-state index is 15.0. The Balaban J connectivity index is 1.27. The molecule has 4 bridgehead atoms. The summed E-state index contributed by atoms with van der Waals surface area (Å²) in [5.41, 5.74) is 0.486. The Morgan fingerprint density at radius 1 is 0.881 bits per heavy atom. The third kappa shape index (κ3) is 8.50. The summed E-state index contributed by atoms with van der Waals surface area (Å²) < 4.78 is 19.7. The van der Waals surface area contributed by atoms with Crippen molar-refractivity contribution in [1.29, 1.82) is 0 Å². The molecule has 0 radical (unpaired) electrons. The Morgan fingerprint density at radius 2 is 1.54 bits per heavy atom. The van der Waals surface area contributed by atoms with Gasteiger partial charge in [-0.25, -0.2) is 4.79 Å². The first-order valence-corrected chi connectivity index (χ1v) is 21.6. The van der Waals surface area contributed by atoms with Gasteiger partial charge < -0.3 is 34.4 Å². The number of aromatic hydroxyl groups is 2. The molecule has 2 saturated heterocycles. The lowest BCUT2D eigenvalue weighted by Gasteiger charge is -2.56. The van der Waals surface area contributed by atoms with Crippen LogP contribution >= 0.6 is 0 Å². The van der Waals surface area contributed by atoms with Crippen LogP contribution < -0.4 is 4.74 Å². The monoisotopic (exact) mass is 814 g/mol. The molecule has 1 spiro atoms. The van der Waals surface area contributed by atoms with Crippen molar-refractivity contribution < 1.29 is 43.9 Å². The number of rotatable bonds is 17. The van der Waals surface area contributed by atoms with Crippen molar-refractivity contribution in [3.63, 3.8) is 0 Å². The van der Waals surface area contributed by atoms with Crippen LogP contribution in [0.1, 0.15) is 115 Å². The minimum Gasteiger partial charge on any atom is -0.507 e. The van der Waals surface area contributed by atoms with Gasteiger partial charge in [0.1, 0.15) is 22.8 Å². The number of nitrogens with zero attached hydrogens (tertiary/aromatic N) is 2. The van der Waals surface area contributed by atoms with E-state index in [0.29, 0.717) is 30.5 Å². The van der Waals surface area contributed by atoms with Crippen molar-refractivity contribution in [3.8, 4) is 17.2 Å². The molecule has 3 heterocycles.